The Kier molecular flexibility index (Phi) is 2.94. The van der Waals surface area contributed by atoms with Gasteiger partial charge in [-0.2, -0.15) is 0 Å². The van der Waals surface area contributed by atoms with E-state index in [1.165, 1.54) is 0 Å². The Morgan fingerprint density at radius 1 is 0.885 bits per heavy atom. The van der Waals surface area contributed by atoms with Crippen molar-refractivity contribution < 1.29 is 9.90 Å². The maximum atomic E-state index is 12.7. The lowest BCUT2D eigenvalue weighted by molar-refractivity contribution is -0.274. The zero-order valence-corrected chi connectivity index (χ0v) is 16.1. The number of amides is 1. The van der Waals surface area contributed by atoms with Crippen molar-refractivity contribution >= 4 is 75.8 Å². The van der Waals surface area contributed by atoms with Crippen molar-refractivity contribution in [2.24, 2.45) is 4.99 Å². The minimum Gasteiger partial charge on any atom is -0.860 e. The zero-order valence-electron chi connectivity index (χ0n) is 12.9. The molecule has 0 radical (unpaired) electrons. The molecule has 1 aliphatic rings. The van der Waals surface area contributed by atoms with E-state index < -0.39 is 0 Å². The Hall–Kier alpha value is -2.26. The fourth-order valence-electron chi connectivity index (χ4n) is 3.26. The molecule has 0 aliphatic carbocycles. The van der Waals surface area contributed by atoms with Gasteiger partial charge in [-0.05, 0) is 40.9 Å². The number of carbonyl (C=O) groups excluding carboxylic acids is 1. The van der Waals surface area contributed by atoms with Crippen molar-refractivity contribution in [3.8, 4) is 16.5 Å². The molecule has 0 fully saturated rings. The molecule has 1 aliphatic heterocycles. The molecule has 126 valence electrons. The van der Waals surface area contributed by atoms with Gasteiger partial charge in [-0.25, -0.2) is 4.99 Å². The van der Waals surface area contributed by atoms with Crippen molar-refractivity contribution in [3.05, 3.63) is 51.0 Å². The minimum atomic E-state index is -0.336. The number of fused-ring (bicyclic) bond motifs is 3. The molecule has 5 aromatic rings. The highest BCUT2D eigenvalue weighted by atomic mass is 32.1. The number of hydrogen-bond acceptors (Lipinski definition) is 6. The van der Waals surface area contributed by atoms with Gasteiger partial charge in [0.1, 0.15) is 0 Å². The molecular weight excluding hydrogens is 404 g/mol. The van der Waals surface area contributed by atoms with Crippen molar-refractivity contribution in [3.63, 3.8) is 0 Å². The molecule has 0 saturated carbocycles. The second kappa shape index (κ2) is 5.14. The van der Waals surface area contributed by atoms with E-state index in [4.69, 9.17) is 0 Å². The molecule has 1 amide bonds. The number of rotatable bonds is 2. The summed E-state index contributed by atoms with van der Waals surface area (Å²) < 4.78 is 4.61. The highest BCUT2D eigenvalue weighted by molar-refractivity contribution is 7.29. The van der Waals surface area contributed by atoms with Crippen LogP contribution in [0.5, 0.6) is 5.88 Å². The molecular formula is C18H7N2O2S4-. The summed E-state index contributed by atoms with van der Waals surface area (Å²) in [6, 6.07) is 8.14. The van der Waals surface area contributed by atoms with Gasteiger partial charge in [0, 0.05) is 24.4 Å². The second-order valence-electron chi connectivity index (χ2n) is 5.86. The lowest BCUT2D eigenvalue weighted by Crippen LogP contribution is -2.02. The Labute approximate surface area is 162 Å². The fraction of sp³-hybridized carbons (Fsp3) is 0. The highest BCUT2D eigenvalue weighted by Crippen LogP contribution is 2.43. The first kappa shape index (κ1) is 14.9. The molecule has 1 N–H and O–H groups in total. The van der Waals surface area contributed by atoms with Gasteiger partial charge in [0.2, 0.25) is 0 Å². The number of thiophene rings is 4. The number of aromatic nitrogens is 1. The molecule has 0 spiro atoms. The third kappa shape index (κ3) is 1.92. The second-order valence-corrected chi connectivity index (χ2v) is 9.93. The monoisotopic (exact) mass is 411 g/mol. The Morgan fingerprint density at radius 3 is 2.23 bits per heavy atom. The summed E-state index contributed by atoms with van der Waals surface area (Å²) >= 11 is 6.44. The third-order valence-corrected chi connectivity index (χ3v) is 8.60. The van der Waals surface area contributed by atoms with Crippen LogP contribution in [-0.4, -0.2) is 16.6 Å². The van der Waals surface area contributed by atoms with Gasteiger partial charge in [-0.3, -0.25) is 4.79 Å². The van der Waals surface area contributed by atoms with E-state index in [9.17, 15) is 9.90 Å². The quantitative estimate of drug-likeness (QED) is 0.428. The first-order chi connectivity index (χ1) is 12.7. The molecule has 0 saturated heterocycles. The molecule has 5 aromatic heterocycles. The molecule has 0 unspecified atom stereocenters. The Balaban J connectivity index is 1.55. The van der Waals surface area contributed by atoms with Gasteiger partial charge < -0.3 is 10.1 Å². The summed E-state index contributed by atoms with van der Waals surface area (Å²) in [7, 11) is 0. The molecule has 6 heterocycles. The van der Waals surface area contributed by atoms with E-state index >= 15 is 0 Å². The van der Waals surface area contributed by atoms with Gasteiger partial charge >= 0.3 is 0 Å². The van der Waals surface area contributed by atoms with Crippen LogP contribution in [0.2, 0.25) is 0 Å². The predicted molar refractivity (Wildman–Crippen MR) is 109 cm³/mol. The van der Waals surface area contributed by atoms with E-state index in [2.05, 4.69) is 16.0 Å². The van der Waals surface area contributed by atoms with Crippen LogP contribution in [-0.2, 0) is 0 Å². The smallest absolute Gasteiger partial charge is 0.280 e. The predicted octanol–water partition coefficient (Wildman–Crippen LogP) is 5.30. The summed E-state index contributed by atoms with van der Waals surface area (Å²) in [5.74, 6) is -0.579. The van der Waals surface area contributed by atoms with Crippen molar-refractivity contribution in [1.82, 2.24) is 4.98 Å². The summed E-state index contributed by atoms with van der Waals surface area (Å²) in [6.07, 6.45) is 0. The van der Waals surface area contributed by atoms with Crippen LogP contribution >= 0.6 is 45.3 Å². The first-order valence-corrected chi connectivity index (χ1v) is 11.1. The zero-order chi connectivity index (χ0) is 17.4. The number of aromatic amines is 1. The first-order valence-electron chi connectivity index (χ1n) is 7.70. The summed E-state index contributed by atoms with van der Waals surface area (Å²) in [6.45, 7) is 0. The van der Waals surface area contributed by atoms with Crippen LogP contribution in [0, 0.1) is 0 Å². The van der Waals surface area contributed by atoms with Crippen LogP contribution in [0.3, 0.4) is 0 Å². The third-order valence-electron chi connectivity index (χ3n) is 4.39. The van der Waals surface area contributed by atoms with E-state index in [1.807, 2.05) is 29.0 Å². The number of nitrogens with zero attached hydrogens (tertiary/aromatic N) is 1. The number of hydrogen-bond donors (Lipinski definition) is 1. The fourth-order valence-corrected chi connectivity index (χ4v) is 7.48. The van der Waals surface area contributed by atoms with Gasteiger partial charge in [0.25, 0.3) is 5.91 Å². The van der Waals surface area contributed by atoms with Crippen LogP contribution in [0.1, 0.15) is 20.8 Å². The van der Waals surface area contributed by atoms with Crippen LogP contribution in [0.25, 0.3) is 29.4 Å². The molecule has 0 bridgehead atoms. The lowest BCUT2D eigenvalue weighted by Gasteiger charge is -2.05. The number of nitrogens with one attached hydrogen (secondary N) is 1. The average Bonchev–Trinajstić information content (AvgIpc) is 3.35. The van der Waals surface area contributed by atoms with E-state index in [1.54, 1.807) is 45.3 Å². The Morgan fingerprint density at radius 2 is 1.54 bits per heavy atom. The molecule has 0 aromatic carbocycles. The Bertz CT molecular complexity index is 1320. The van der Waals surface area contributed by atoms with Gasteiger partial charge in [-0.1, -0.05) is 0 Å². The summed E-state index contributed by atoms with van der Waals surface area (Å²) in [4.78, 5) is 21.5. The molecule has 4 nitrogen and oxygen atoms in total. The van der Waals surface area contributed by atoms with Crippen molar-refractivity contribution in [2.45, 2.75) is 0 Å². The maximum absolute atomic E-state index is 12.7. The molecule has 0 atom stereocenters. The molecule has 26 heavy (non-hydrogen) atoms. The van der Waals surface area contributed by atoms with Gasteiger partial charge in [0.15, 0.2) is 0 Å². The van der Waals surface area contributed by atoms with E-state index in [0.717, 1.165) is 28.6 Å². The van der Waals surface area contributed by atoms with E-state index in [0.29, 0.717) is 22.5 Å². The summed E-state index contributed by atoms with van der Waals surface area (Å²) in [5.41, 5.74) is 1.93. The average molecular weight is 412 g/mol. The van der Waals surface area contributed by atoms with Gasteiger partial charge in [-0.15, -0.1) is 45.3 Å². The number of H-pyrrole nitrogens is 1. The van der Waals surface area contributed by atoms with Crippen molar-refractivity contribution in [1.29, 1.82) is 0 Å². The topological polar surface area (TPSA) is 68.3 Å². The van der Waals surface area contributed by atoms with Gasteiger partial charge in [0.05, 0.1) is 26.7 Å². The lowest BCUT2D eigenvalue weighted by atomic mass is 10.1. The van der Waals surface area contributed by atoms with Crippen LogP contribution < -0.4 is 5.11 Å². The van der Waals surface area contributed by atoms with Crippen LogP contribution in [0.4, 0.5) is 0 Å². The molecule has 8 heteroatoms. The highest BCUT2D eigenvalue weighted by Gasteiger charge is 2.32. The number of carbonyl (C=O) groups is 1. The minimum absolute atomic E-state index is 0.242. The summed E-state index contributed by atoms with van der Waals surface area (Å²) in [5, 5.41) is 16.7. The maximum Gasteiger partial charge on any atom is 0.280 e. The largest absolute Gasteiger partial charge is 0.860 e. The van der Waals surface area contributed by atoms with Crippen molar-refractivity contribution in [2.75, 3.05) is 0 Å². The van der Waals surface area contributed by atoms with E-state index in [-0.39, 0.29) is 11.8 Å². The standard InChI is InChI=1S/C18H8N2O2S4/c21-17-13-14(16(20-17)12-6-10-8(26-12)2-4-24-10)18(22)19-15(13)11-5-9-7(25-11)1-3-23-9/h1-6,19,22H/p-1. The number of aliphatic imine (C=N–C) groups is 1. The van der Waals surface area contributed by atoms with Crippen LogP contribution in [0.15, 0.2) is 40.0 Å². The SMILES string of the molecule is O=C1N=C(c2cc3sccc3s2)c2c([O-])[nH]c(-c3cc4sccc4s3)c21. The normalized spacial score (nSPS) is 13.8. The molecule has 6 rings (SSSR count).